The number of aryl methyl sites for hydroxylation is 2. The second-order valence-electron chi connectivity index (χ2n) is 11.6. The van der Waals surface area contributed by atoms with Crippen molar-refractivity contribution in [3.05, 3.63) is 83.3 Å². The third-order valence-corrected chi connectivity index (χ3v) is 8.91. The van der Waals surface area contributed by atoms with Gasteiger partial charge in [0.1, 0.15) is 18.2 Å². The lowest BCUT2D eigenvalue weighted by Gasteiger charge is -2.36. The van der Waals surface area contributed by atoms with Crippen molar-refractivity contribution < 1.29 is 9.47 Å². The molecule has 1 aliphatic heterocycles. The number of aromatic amines is 1. The Bertz CT molecular complexity index is 1460. The molecule has 2 heterocycles. The smallest absolute Gasteiger partial charge is 0.135 e. The number of rotatable bonds is 14. The lowest BCUT2D eigenvalue weighted by atomic mass is 9.98. The first-order valence-corrected chi connectivity index (χ1v) is 17.4. The fourth-order valence-corrected chi connectivity index (χ4v) is 6.00. The topological polar surface area (TPSA) is 123 Å². The number of hydrogen-bond acceptors (Lipinski definition) is 7. The predicted octanol–water partition coefficient (Wildman–Crippen LogP) is 7.88. The summed E-state index contributed by atoms with van der Waals surface area (Å²) in [7, 11) is 0. The monoisotopic (exact) mass is 646 g/mol. The van der Waals surface area contributed by atoms with Crippen molar-refractivity contribution in [2.45, 2.75) is 84.9 Å². The van der Waals surface area contributed by atoms with Crippen LogP contribution in [0.1, 0.15) is 77.6 Å². The van der Waals surface area contributed by atoms with E-state index in [-0.39, 0.29) is 10.8 Å². The number of H-pyrrole nitrogens is 1. The van der Waals surface area contributed by atoms with Gasteiger partial charge in [-0.15, -0.1) is 0 Å². The van der Waals surface area contributed by atoms with Crippen LogP contribution in [0.3, 0.4) is 0 Å². The van der Waals surface area contributed by atoms with Crippen molar-refractivity contribution >= 4 is 29.2 Å². The number of nitrogens with two attached hydrogens (primary N) is 2. The quantitative estimate of drug-likeness (QED) is 0.0612. The fraction of sp³-hybridized carbons (Fsp3) is 0.459. The van der Waals surface area contributed by atoms with E-state index in [2.05, 4.69) is 74.7 Å². The van der Waals surface area contributed by atoms with Crippen LogP contribution in [-0.4, -0.2) is 53.7 Å². The number of nitrogens with one attached hydrogen (secondary N) is 2. The number of ether oxygens (including phenoxy) is 2. The molecular formula is C37H54N6O2S. The van der Waals surface area contributed by atoms with Gasteiger partial charge in [-0.05, 0) is 81.0 Å². The molecule has 1 fully saturated rings. The molecule has 6 N–H and O–H groups in total. The highest BCUT2D eigenvalue weighted by Gasteiger charge is 2.34. The summed E-state index contributed by atoms with van der Waals surface area (Å²) >= 11 is 1.72. The van der Waals surface area contributed by atoms with Gasteiger partial charge in [0, 0.05) is 30.3 Å². The fourth-order valence-electron chi connectivity index (χ4n) is 5.10. The molecule has 4 rings (SSSR count). The number of hydrogen-bond donors (Lipinski definition) is 4. The largest absolute Gasteiger partial charge is 0.491 e. The lowest BCUT2D eigenvalue weighted by molar-refractivity contribution is 0.0981. The first-order chi connectivity index (χ1) is 22.2. The Hall–Kier alpha value is -3.53. The van der Waals surface area contributed by atoms with Crippen LogP contribution in [0, 0.1) is 6.92 Å². The van der Waals surface area contributed by atoms with Gasteiger partial charge in [-0.1, -0.05) is 75.9 Å². The maximum Gasteiger partial charge on any atom is 0.135 e. The van der Waals surface area contributed by atoms with Crippen LogP contribution in [-0.2, 0) is 11.2 Å². The SMILES string of the molecule is CC.CCCCOCCOc1ccc(-c2c[nH]c(C(=NC3CCNSC3(C)C)/C(=C\N)C(N)=Nc3ccc(C)cc3CC)c2)cc1. The van der Waals surface area contributed by atoms with Gasteiger partial charge in [-0.2, -0.15) is 0 Å². The minimum atomic E-state index is -0.117. The Labute approximate surface area is 280 Å². The molecule has 0 radical (unpaired) electrons. The zero-order chi connectivity index (χ0) is 33.5. The highest BCUT2D eigenvalue weighted by atomic mass is 32.2. The summed E-state index contributed by atoms with van der Waals surface area (Å²) in [6.07, 6.45) is 7.47. The molecule has 0 saturated carbocycles. The molecule has 3 aromatic rings. The van der Waals surface area contributed by atoms with E-state index in [1.807, 2.05) is 38.2 Å². The van der Waals surface area contributed by atoms with Crippen LogP contribution >= 0.6 is 11.9 Å². The highest BCUT2D eigenvalue weighted by molar-refractivity contribution is 7.98. The summed E-state index contributed by atoms with van der Waals surface area (Å²) in [5, 5.41) is 0. The van der Waals surface area contributed by atoms with E-state index in [0.29, 0.717) is 30.3 Å². The van der Waals surface area contributed by atoms with Gasteiger partial charge >= 0.3 is 0 Å². The van der Waals surface area contributed by atoms with Gasteiger partial charge < -0.3 is 25.9 Å². The van der Waals surface area contributed by atoms with E-state index in [1.54, 1.807) is 11.9 Å². The number of unbranched alkanes of at least 4 members (excludes halogenated alkanes) is 1. The maximum absolute atomic E-state index is 6.71. The zero-order valence-electron chi connectivity index (χ0n) is 28.8. The summed E-state index contributed by atoms with van der Waals surface area (Å²) < 4.78 is 14.8. The molecule has 0 bridgehead atoms. The van der Waals surface area contributed by atoms with Gasteiger partial charge in [0.25, 0.3) is 0 Å². The van der Waals surface area contributed by atoms with Gasteiger partial charge in [0.2, 0.25) is 0 Å². The Morgan fingerprint density at radius 1 is 1.04 bits per heavy atom. The summed E-state index contributed by atoms with van der Waals surface area (Å²) in [6.45, 7) is 17.5. The second-order valence-corrected chi connectivity index (χ2v) is 13.1. The first kappa shape index (κ1) is 36.9. The summed E-state index contributed by atoms with van der Waals surface area (Å²) in [5.74, 6) is 1.15. The Morgan fingerprint density at radius 3 is 2.48 bits per heavy atom. The molecular weight excluding hydrogens is 593 g/mol. The standard InChI is InChI=1S/C35H48N6O2S.C2H6/c1-6-8-17-42-18-19-43-28-12-10-26(11-13-28)27-21-31(38-23-27)33(41-32-15-16-39-44-35(32,4)5)29(22-36)34(37)40-30-14-9-24(3)20-25(30)7-2;1-2/h9-14,20-23,32,38-39H,6-8,15-19,36H2,1-5H3,(H2,37,40);1-2H3/b29-22+,41-33?;. The van der Waals surface area contributed by atoms with E-state index in [1.165, 1.54) is 11.8 Å². The van der Waals surface area contributed by atoms with Gasteiger partial charge in [0.15, 0.2) is 0 Å². The van der Waals surface area contributed by atoms with E-state index < -0.39 is 0 Å². The van der Waals surface area contributed by atoms with Crippen LogP contribution in [0.25, 0.3) is 11.1 Å². The molecule has 1 saturated heterocycles. The van der Waals surface area contributed by atoms with Crippen LogP contribution in [0.4, 0.5) is 5.69 Å². The third-order valence-electron chi connectivity index (χ3n) is 7.76. The molecule has 2 aromatic carbocycles. The van der Waals surface area contributed by atoms with Crippen LogP contribution in [0.5, 0.6) is 5.75 Å². The lowest BCUT2D eigenvalue weighted by Crippen LogP contribution is -2.42. The van der Waals surface area contributed by atoms with Crippen molar-refractivity contribution in [3.63, 3.8) is 0 Å². The molecule has 0 amide bonds. The number of nitrogens with zero attached hydrogens (tertiary/aromatic N) is 2. The van der Waals surface area contributed by atoms with Crippen LogP contribution < -0.4 is 20.9 Å². The van der Waals surface area contributed by atoms with Crippen LogP contribution in [0.15, 0.2) is 76.5 Å². The third kappa shape index (κ3) is 10.2. The molecule has 1 atom stereocenters. The Balaban J connectivity index is 0.00000282. The average molecular weight is 647 g/mol. The average Bonchev–Trinajstić information content (AvgIpc) is 3.55. The Kier molecular flexibility index (Phi) is 14.9. The summed E-state index contributed by atoms with van der Waals surface area (Å²) in [4.78, 5) is 13.6. The Morgan fingerprint density at radius 2 is 1.80 bits per heavy atom. The normalized spacial score (nSPS) is 16.9. The molecule has 8 nitrogen and oxygen atoms in total. The van der Waals surface area contributed by atoms with E-state index in [4.69, 9.17) is 30.9 Å². The summed E-state index contributed by atoms with van der Waals surface area (Å²) in [6, 6.07) is 16.4. The first-order valence-electron chi connectivity index (χ1n) is 16.6. The molecule has 46 heavy (non-hydrogen) atoms. The molecule has 9 heteroatoms. The van der Waals surface area contributed by atoms with Crippen molar-refractivity contribution in [2.24, 2.45) is 21.5 Å². The maximum atomic E-state index is 6.71. The van der Waals surface area contributed by atoms with Crippen molar-refractivity contribution in [1.82, 2.24) is 9.71 Å². The minimum absolute atomic E-state index is 0.0474. The van der Waals surface area contributed by atoms with E-state index in [9.17, 15) is 0 Å². The number of benzene rings is 2. The molecule has 250 valence electrons. The van der Waals surface area contributed by atoms with Crippen LogP contribution in [0.2, 0.25) is 0 Å². The molecule has 1 aliphatic rings. The molecule has 1 aromatic heterocycles. The number of amidine groups is 1. The van der Waals surface area contributed by atoms with E-state index >= 15 is 0 Å². The summed E-state index contributed by atoms with van der Waals surface area (Å²) in [5.41, 5.74) is 20.4. The molecule has 1 unspecified atom stereocenters. The van der Waals surface area contributed by atoms with E-state index in [0.717, 1.165) is 72.7 Å². The van der Waals surface area contributed by atoms with Crippen molar-refractivity contribution in [1.29, 1.82) is 0 Å². The number of aromatic nitrogens is 1. The van der Waals surface area contributed by atoms with Gasteiger partial charge in [-0.3, -0.25) is 9.71 Å². The van der Waals surface area contributed by atoms with Crippen molar-refractivity contribution in [2.75, 3.05) is 26.4 Å². The molecule has 0 spiro atoms. The number of aliphatic imine (C=N–C) groups is 2. The predicted molar refractivity (Wildman–Crippen MR) is 198 cm³/mol. The van der Waals surface area contributed by atoms with Gasteiger partial charge in [-0.25, -0.2) is 4.99 Å². The highest BCUT2D eigenvalue weighted by Crippen LogP contribution is 2.34. The second kappa shape index (κ2) is 18.6. The molecule has 0 aliphatic carbocycles. The zero-order valence-corrected chi connectivity index (χ0v) is 29.6. The van der Waals surface area contributed by atoms with Gasteiger partial charge in [0.05, 0.1) is 35.3 Å². The van der Waals surface area contributed by atoms with Crippen molar-refractivity contribution in [3.8, 4) is 16.9 Å². The minimum Gasteiger partial charge on any atom is -0.491 e.